The van der Waals surface area contributed by atoms with Crippen molar-refractivity contribution in [3.63, 3.8) is 0 Å². The average molecular weight is 927 g/mol. The predicted octanol–water partition coefficient (Wildman–Crippen LogP) is 17.0. The minimum Gasteiger partial charge on any atom is -0.228 e. The molecule has 1 heterocycles. The lowest BCUT2D eigenvalue weighted by Crippen LogP contribution is -2.44. The van der Waals surface area contributed by atoms with Gasteiger partial charge in [-0.05, 0) is 161 Å². The molecular formula is C71H46N2. The number of hydrogen-bond acceptors (Lipinski definition) is 2. The lowest BCUT2D eigenvalue weighted by molar-refractivity contribution is 0.606. The zero-order valence-electron chi connectivity index (χ0n) is 40.1. The van der Waals surface area contributed by atoms with Crippen LogP contribution in [0.5, 0.6) is 0 Å². The van der Waals surface area contributed by atoms with Crippen molar-refractivity contribution in [3.8, 4) is 67.3 Å². The Labute approximate surface area is 425 Å². The molecule has 0 fully saturated rings. The van der Waals surface area contributed by atoms with Gasteiger partial charge in [0.15, 0.2) is 5.82 Å². The van der Waals surface area contributed by atoms with Crippen LogP contribution in [0.1, 0.15) is 68.5 Å². The van der Waals surface area contributed by atoms with Crippen LogP contribution in [0.15, 0.2) is 248 Å². The minimum atomic E-state index is -0.655. The molecule has 340 valence electrons. The van der Waals surface area contributed by atoms with Gasteiger partial charge in [-0.15, -0.1) is 0 Å². The Bertz CT molecular complexity index is 4200. The van der Waals surface area contributed by atoms with Crippen molar-refractivity contribution in [2.24, 2.45) is 0 Å². The summed E-state index contributed by atoms with van der Waals surface area (Å²) in [6, 6.07) is 86.5. The van der Waals surface area contributed by atoms with Gasteiger partial charge in [-0.25, -0.2) is 9.97 Å². The summed E-state index contributed by atoms with van der Waals surface area (Å²) in [6.07, 6.45) is 7.78. The number of aromatic nitrogens is 2. The summed E-state index contributed by atoms with van der Waals surface area (Å²) in [5.41, 5.74) is 28.1. The fourth-order valence-corrected chi connectivity index (χ4v) is 14.2. The van der Waals surface area contributed by atoms with Crippen LogP contribution in [0.3, 0.4) is 0 Å². The Hall–Kier alpha value is -8.98. The van der Waals surface area contributed by atoms with Crippen LogP contribution >= 0.6 is 0 Å². The first-order chi connectivity index (χ1) is 36.2. The van der Waals surface area contributed by atoms with Crippen LogP contribution in [-0.2, 0) is 17.3 Å². The third kappa shape index (κ3) is 5.53. The van der Waals surface area contributed by atoms with Gasteiger partial charge in [0.1, 0.15) is 0 Å². The van der Waals surface area contributed by atoms with Crippen LogP contribution in [0.25, 0.3) is 83.6 Å². The molecule has 5 aliphatic carbocycles. The summed E-state index contributed by atoms with van der Waals surface area (Å²) in [5, 5.41) is 2.40. The molecule has 2 heteroatoms. The van der Waals surface area contributed by atoms with E-state index >= 15 is 0 Å². The Morgan fingerprint density at radius 3 is 1.77 bits per heavy atom. The first-order valence-electron chi connectivity index (χ1n) is 25.8. The first kappa shape index (κ1) is 40.7. The topological polar surface area (TPSA) is 25.8 Å². The summed E-state index contributed by atoms with van der Waals surface area (Å²) in [4.78, 5) is 10.8. The zero-order chi connectivity index (χ0) is 47.8. The molecule has 0 atom stereocenters. The molecule has 0 aliphatic heterocycles. The standard InChI is InChI=1S/C71H46N2/c1-2-19-45(20-3-1)66-43-67(49-37-36-44-18-4-5-21-46(44)38-49)73-69(72-66)50-24-16-23-48(39-50)53-28-17-29-56-58-41-51-40-47-22-6-7-25-52(47)57(51)42-65(58)71(68(53)56)63-34-14-12-32-61(63)70(62-33-13-15-35-64(62)71)59-30-10-8-26-54(59)55-27-9-11-31-60(55)70/h1-10,12-30,32-39,41-43H,11,31,40H2. The fraction of sp³-hybridized carbons (Fsp3) is 0.0704. The van der Waals surface area contributed by atoms with Crippen molar-refractivity contribution in [2.45, 2.75) is 30.1 Å². The number of rotatable bonds is 4. The van der Waals surface area contributed by atoms with E-state index in [1.807, 2.05) is 0 Å². The lowest BCUT2D eigenvalue weighted by Gasteiger charge is -2.50. The van der Waals surface area contributed by atoms with E-state index in [1.54, 1.807) is 0 Å². The Morgan fingerprint density at radius 2 is 0.959 bits per heavy atom. The largest absolute Gasteiger partial charge is 0.228 e. The second-order valence-electron chi connectivity index (χ2n) is 20.6. The van der Waals surface area contributed by atoms with E-state index in [0.717, 1.165) is 52.9 Å². The summed E-state index contributed by atoms with van der Waals surface area (Å²) < 4.78 is 0. The quantitative estimate of drug-likeness (QED) is 0.176. The van der Waals surface area contributed by atoms with Crippen molar-refractivity contribution in [1.29, 1.82) is 0 Å². The van der Waals surface area contributed by atoms with E-state index < -0.39 is 10.8 Å². The summed E-state index contributed by atoms with van der Waals surface area (Å²) in [6.45, 7) is 0. The first-order valence-corrected chi connectivity index (χ1v) is 25.8. The molecule has 0 bridgehead atoms. The van der Waals surface area contributed by atoms with Crippen LogP contribution in [0.2, 0.25) is 0 Å². The van der Waals surface area contributed by atoms with Crippen molar-refractivity contribution in [3.05, 3.63) is 304 Å². The van der Waals surface area contributed by atoms with Gasteiger partial charge in [0.25, 0.3) is 0 Å². The van der Waals surface area contributed by atoms with Crippen molar-refractivity contribution in [2.75, 3.05) is 0 Å². The molecule has 11 aromatic rings. The van der Waals surface area contributed by atoms with E-state index in [4.69, 9.17) is 9.97 Å². The van der Waals surface area contributed by atoms with E-state index in [0.29, 0.717) is 5.82 Å². The normalized spacial score (nSPS) is 18.0. The van der Waals surface area contributed by atoms with Gasteiger partial charge in [-0.3, -0.25) is 0 Å². The van der Waals surface area contributed by atoms with E-state index in [2.05, 4.69) is 243 Å². The highest BCUT2D eigenvalue weighted by Gasteiger charge is 2.60. The highest BCUT2D eigenvalue weighted by molar-refractivity contribution is 6.00. The second-order valence-corrected chi connectivity index (χ2v) is 20.6. The molecule has 16 rings (SSSR count). The highest BCUT2D eigenvalue weighted by Crippen LogP contribution is 2.69. The minimum absolute atomic E-state index is 0.444. The molecule has 0 radical (unpaired) electrons. The van der Waals surface area contributed by atoms with Gasteiger partial charge in [0.05, 0.1) is 22.2 Å². The second kappa shape index (κ2) is 15.3. The molecule has 2 nitrogen and oxygen atoms in total. The van der Waals surface area contributed by atoms with E-state index in [-0.39, 0.29) is 0 Å². The third-order valence-electron chi connectivity index (χ3n) is 17.1. The number of hydrogen-bond donors (Lipinski definition) is 0. The molecular weight excluding hydrogens is 881 g/mol. The van der Waals surface area contributed by atoms with Crippen molar-refractivity contribution in [1.82, 2.24) is 9.97 Å². The molecule has 73 heavy (non-hydrogen) atoms. The van der Waals surface area contributed by atoms with Gasteiger partial charge >= 0.3 is 0 Å². The summed E-state index contributed by atoms with van der Waals surface area (Å²) >= 11 is 0. The van der Waals surface area contributed by atoms with Crippen molar-refractivity contribution < 1.29 is 0 Å². The Kier molecular flexibility index (Phi) is 8.51. The Balaban J connectivity index is 0.967. The smallest absolute Gasteiger partial charge is 0.160 e. The zero-order valence-corrected chi connectivity index (χ0v) is 40.1. The molecule has 0 amide bonds. The molecule has 10 aromatic carbocycles. The number of benzene rings is 10. The van der Waals surface area contributed by atoms with Crippen LogP contribution in [0.4, 0.5) is 0 Å². The number of nitrogens with zero attached hydrogens (tertiary/aromatic N) is 2. The molecule has 0 saturated heterocycles. The molecule has 1 aromatic heterocycles. The maximum absolute atomic E-state index is 5.41. The van der Waals surface area contributed by atoms with Crippen molar-refractivity contribution >= 4 is 16.3 Å². The molecule has 2 spiro atoms. The summed E-state index contributed by atoms with van der Waals surface area (Å²) in [7, 11) is 0. The van der Waals surface area contributed by atoms with Gasteiger partial charge in [0, 0.05) is 16.7 Å². The van der Waals surface area contributed by atoms with Gasteiger partial charge in [-0.1, -0.05) is 212 Å². The van der Waals surface area contributed by atoms with Crippen LogP contribution in [0, 0.1) is 0 Å². The maximum atomic E-state index is 5.41. The lowest BCUT2D eigenvalue weighted by atomic mass is 9.51. The van der Waals surface area contributed by atoms with E-state index in [9.17, 15) is 0 Å². The van der Waals surface area contributed by atoms with Crippen LogP contribution < -0.4 is 0 Å². The SMILES string of the molecule is C1=CC2=C(CC1)C1(c3ccccc32)c2ccccc2C2(c3cc4c(cc3-c3cccc(-c5cccc(-c6nc(-c7ccccc7)cc(-c7ccc8ccccc8c7)n6)c5)c32)Cc2ccccc2-4)c2ccccc21. The molecule has 0 unspecified atom stereocenters. The van der Waals surface area contributed by atoms with Crippen LogP contribution in [-0.4, -0.2) is 9.97 Å². The monoisotopic (exact) mass is 926 g/mol. The molecule has 5 aliphatic rings. The third-order valence-corrected chi connectivity index (χ3v) is 17.1. The van der Waals surface area contributed by atoms with Gasteiger partial charge in [0.2, 0.25) is 0 Å². The summed E-state index contributed by atoms with van der Waals surface area (Å²) in [5.74, 6) is 0.702. The predicted molar refractivity (Wildman–Crippen MR) is 298 cm³/mol. The molecule has 0 N–H and O–H groups in total. The number of fused-ring (bicyclic) bond motifs is 19. The number of allylic oxidation sites excluding steroid dienone is 4. The van der Waals surface area contributed by atoms with E-state index in [1.165, 1.54) is 105 Å². The highest BCUT2D eigenvalue weighted by atomic mass is 14.9. The fourth-order valence-electron chi connectivity index (χ4n) is 14.2. The van der Waals surface area contributed by atoms with Gasteiger partial charge in [-0.2, -0.15) is 0 Å². The average Bonchev–Trinajstić information content (AvgIpc) is 4.08. The molecule has 0 saturated carbocycles. The Morgan fingerprint density at radius 1 is 0.342 bits per heavy atom. The van der Waals surface area contributed by atoms with Gasteiger partial charge < -0.3 is 0 Å². The maximum Gasteiger partial charge on any atom is 0.160 e.